The molecule has 1 N–H and O–H groups in total. The van der Waals surface area contributed by atoms with E-state index in [4.69, 9.17) is 0 Å². The van der Waals surface area contributed by atoms with Gasteiger partial charge in [-0.25, -0.2) is 4.98 Å². The van der Waals surface area contributed by atoms with Gasteiger partial charge >= 0.3 is 0 Å². The molecule has 7 heteroatoms. The van der Waals surface area contributed by atoms with Crippen molar-refractivity contribution in [1.82, 2.24) is 9.88 Å². The molecule has 0 aliphatic heterocycles. The van der Waals surface area contributed by atoms with Crippen LogP contribution in [0.5, 0.6) is 0 Å². The first kappa shape index (κ1) is 14.8. The van der Waals surface area contributed by atoms with Gasteiger partial charge in [0.05, 0.1) is 9.40 Å². The lowest BCUT2D eigenvalue weighted by atomic mass is 10.2. The van der Waals surface area contributed by atoms with Crippen molar-refractivity contribution < 1.29 is 4.92 Å². The molecule has 1 aromatic rings. The molecule has 1 rings (SSSR count). The lowest BCUT2D eigenvalue weighted by Crippen LogP contribution is -2.25. The van der Waals surface area contributed by atoms with Gasteiger partial charge in [-0.05, 0) is 36.4 Å². The van der Waals surface area contributed by atoms with Crippen LogP contribution in [0.4, 0.5) is 11.5 Å². The van der Waals surface area contributed by atoms with Gasteiger partial charge in [-0.15, -0.1) is 0 Å². The van der Waals surface area contributed by atoms with Crippen molar-refractivity contribution in [2.45, 2.75) is 13.8 Å². The summed E-state index contributed by atoms with van der Waals surface area (Å²) < 4.78 is 0.649. The predicted molar refractivity (Wildman–Crippen MR) is 75.0 cm³/mol. The Labute approximate surface area is 115 Å². The third kappa shape index (κ3) is 3.64. The van der Waals surface area contributed by atoms with Crippen molar-refractivity contribution in [3.63, 3.8) is 0 Å². The molecule has 1 heterocycles. The fraction of sp³-hybridized carbons (Fsp3) is 0.545. The number of nitrogens with one attached hydrogen (secondary N) is 1. The van der Waals surface area contributed by atoms with E-state index in [0.717, 1.165) is 19.6 Å². The van der Waals surface area contributed by atoms with Crippen LogP contribution in [0, 0.1) is 17.0 Å². The van der Waals surface area contributed by atoms with Gasteiger partial charge in [0.2, 0.25) is 0 Å². The Kier molecular flexibility index (Phi) is 5.49. The molecule has 6 nitrogen and oxygen atoms in total. The molecule has 18 heavy (non-hydrogen) atoms. The number of nitrogens with zero attached hydrogens (tertiary/aromatic N) is 3. The van der Waals surface area contributed by atoms with Gasteiger partial charge in [0.25, 0.3) is 5.69 Å². The minimum absolute atomic E-state index is 0.0260. The summed E-state index contributed by atoms with van der Waals surface area (Å²) in [6, 6.07) is 0. The highest BCUT2D eigenvalue weighted by Gasteiger charge is 2.16. The van der Waals surface area contributed by atoms with Crippen molar-refractivity contribution in [2.24, 2.45) is 0 Å². The van der Waals surface area contributed by atoms with Gasteiger partial charge in [-0.3, -0.25) is 10.1 Å². The normalized spacial score (nSPS) is 10.7. The van der Waals surface area contributed by atoms with E-state index in [1.807, 2.05) is 7.05 Å². The number of hydrogen-bond acceptors (Lipinski definition) is 5. The van der Waals surface area contributed by atoms with E-state index in [0.29, 0.717) is 15.9 Å². The van der Waals surface area contributed by atoms with E-state index >= 15 is 0 Å². The Hall–Kier alpha value is -1.21. The monoisotopic (exact) mass is 316 g/mol. The summed E-state index contributed by atoms with van der Waals surface area (Å²) in [5.41, 5.74) is 0.611. The molecule has 0 aromatic carbocycles. The summed E-state index contributed by atoms with van der Waals surface area (Å²) in [6.07, 6.45) is 1.28. The van der Waals surface area contributed by atoms with Gasteiger partial charge in [-0.1, -0.05) is 6.92 Å². The molecule has 0 aliphatic carbocycles. The number of nitro groups is 1. The van der Waals surface area contributed by atoms with Crippen LogP contribution < -0.4 is 5.32 Å². The topological polar surface area (TPSA) is 71.3 Å². The molecule has 0 aliphatic rings. The summed E-state index contributed by atoms with van der Waals surface area (Å²) in [4.78, 5) is 16.5. The van der Waals surface area contributed by atoms with Crippen molar-refractivity contribution in [3.05, 3.63) is 26.3 Å². The van der Waals surface area contributed by atoms with Crippen LogP contribution in [0.1, 0.15) is 12.5 Å². The first-order valence-corrected chi connectivity index (χ1v) is 6.48. The highest BCUT2D eigenvalue weighted by Crippen LogP contribution is 2.30. The average molecular weight is 317 g/mol. The van der Waals surface area contributed by atoms with E-state index in [1.54, 1.807) is 6.92 Å². The molecule has 0 unspecified atom stereocenters. The van der Waals surface area contributed by atoms with E-state index in [9.17, 15) is 10.1 Å². The SMILES string of the molecule is CCN(C)CCNc1ncc([N+](=O)[O-])c(C)c1Br. The molecule has 0 radical (unpaired) electrons. The van der Waals surface area contributed by atoms with E-state index in [1.165, 1.54) is 6.20 Å². The molecule has 0 fully saturated rings. The van der Waals surface area contributed by atoms with Crippen LogP contribution in [-0.4, -0.2) is 41.5 Å². The molecule has 0 saturated carbocycles. The fourth-order valence-electron chi connectivity index (χ4n) is 1.40. The Morgan fingerprint density at radius 2 is 2.28 bits per heavy atom. The first-order chi connectivity index (χ1) is 8.47. The highest BCUT2D eigenvalue weighted by molar-refractivity contribution is 9.10. The number of anilines is 1. The lowest BCUT2D eigenvalue weighted by Gasteiger charge is -2.15. The maximum atomic E-state index is 10.7. The molecule has 0 spiro atoms. The number of halogens is 1. The first-order valence-electron chi connectivity index (χ1n) is 5.69. The zero-order valence-electron chi connectivity index (χ0n) is 10.7. The maximum absolute atomic E-state index is 10.7. The number of pyridine rings is 1. The van der Waals surface area contributed by atoms with Crippen LogP contribution in [0.3, 0.4) is 0 Å². The Morgan fingerprint density at radius 1 is 1.61 bits per heavy atom. The third-order valence-corrected chi connectivity index (χ3v) is 3.73. The number of hydrogen-bond donors (Lipinski definition) is 1. The molecule has 1 aromatic heterocycles. The smallest absolute Gasteiger partial charge is 0.291 e. The van der Waals surface area contributed by atoms with Crippen LogP contribution in [0.25, 0.3) is 0 Å². The van der Waals surface area contributed by atoms with Gasteiger partial charge in [0, 0.05) is 18.7 Å². The largest absolute Gasteiger partial charge is 0.368 e. The summed E-state index contributed by atoms with van der Waals surface area (Å²) in [7, 11) is 2.03. The zero-order chi connectivity index (χ0) is 13.7. The van der Waals surface area contributed by atoms with E-state index in [-0.39, 0.29) is 5.69 Å². The highest BCUT2D eigenvalue weighted by atomic mass is 79.9. The lowest BCUT2D eigenvalue weighted by molar-refractivity contribution is -0.385. The summed E-state index contributed by atoms with van der Waals surface area (Å²) >= 11 is 3.34. The maximum Gasteiger partial charge on any atom is 0.291 e. The molecular weight excluding hydrogens is 300 g/mol. The van der Waals surface area contributed by atoms with E-state index in [2.05, 4.69) is 38.1 Å². The molecule has 0 amide bonds. The number of aromatic nitrogens is 1. The second-order valence-electron chi connectivity index (χ2n) is 4.01. The van der Waals surface area contributed by atoms with Gasteiger partial charge < -0.3 is 10.2 Å². The van der Waals surface area contributed by atoms with E-state index < -0.39 is 4.92 Å². The quantitative estimate of drug-likeness (QED) is 0.644. The summed E-state index contributed by atoms with van der Waals surface area (Å²) in [6.45, 7) is 6.40. The number of rotatable bonds is 6. The zero-order valence-corrected chi connectivity index (χ0v) is 12.3. The van der Waals surface area contributed by atoms with Gasteiger partial charge in [0.15, 0.2) is 0 Å². The van der Waals surface area contributed by atoms with Crippen LogP contribution in [-0.2, 0) is 0 Å². The van der Waals surface area contributed by atoms with Gasteiger partial charge in [-0.2, -0.15) is 0 Å². The van der Waals surface area contributed by atoms with Gasteiger partial charge in [0.1, 0.15) is 12.0 Å². The Bertz CT molecular complexity index is 439. The van der Waals surface area contributed by atoms with Crippen LogP contribution in [0.15, 0.2) is 10.7 Å². The Morgan fingerprint density at radius 3 is 2.83 bits per heavy atom. The van der Waals surface area contributed by atoms with Crippen molar-refractivity contribution in [3.8, 4) is 0 Å². The fourth-order valence-corrected chi connectivity index (χ4v) is 1.85. The van der Waals surface area contributed by atoms with Crippen molar-refractivity contribution in [1.29, 1.82) is 0 Å². The molecule has 0 atom stereocenters. The second kappa shape index (κ2) is 6.65. The third-order valence-electron chi connectivity index (χ3n) is 2.76. The minimum atomic E-state index is -0.429. The van der Waals surface area contributed by atoms with Crippen LogP contribution in [0.2, 0.25) is 0 Å². The molecule has 0 saturated heterocycles. The van der Waals surface area contributed by atoms with Crippen LogP contribution >= 0.6 is 15.9 Å². The average Bonchev–Trinajstić information content (AvgIpc) is 2.33. The summed E-state index contributed by atoms with van der Waals surface area (Å²) in [5, 5.41) is 13.9. The summed E-state index contributed by atoms with van der Waals surface area (Å²) in [5.74, 6) is 0.641. The second-order valence-corrected chi connectivity index (χ2v) is 4.80. The number of likely N-dealkylation sites (N-methyl/N-ethyl adjacent to an activating group) is 1. The molecular formula is C11H17BrN4O2. The Balaban J connectivity index is 2.74. The standard InChI is InChI=1S/C11H17BrN4O2/c1-4-15(3)6-5-13-11-10(12)8(2)9(7-14-11)16(17)18/h7H,4-6H2,1-3H3,(H,13,14). The van der Waals surface area contributed by atoms with Crippen molar-refractivity contribution >= 4 is 27.4 Å². The minimum Gasteiger partial charge on any atom is -0.368 e. The van der Waals surface area contributed by atoms with Crippen molar-refractivity contribution in [2.75, 3.05) is 32.0 Å². The molecule has 0 bridgehead atoms. The molecule has 100 valence electrons. The predicted octanol–water partition coefficient (Wildman–Crippen LogP) is 2.42.